The molecule has 1 amide bonds. The molecule has 1 N–H and O–H groups in total. The highest BCUT2D eigenvalue weighted by Gasteiger charge is 2.14. The number of carbonyl (C=O) groups excluding carboxylic acids is 1. The van der Waals surface area contributed by atoms with Gasteiger partial charge in [0.1, 0.15) is 12.2 Å². The smallest absolute Gasteiger partial charge is 0.295 e. The number of nitrogens with zero attached hydrogens (tertiary/aromatic N) is 1. The number of rotatable bonds is 6. The summed E-state index contributed by atoms with van der Waals surface area (Å²) in [5, 5.41) is 2.79. The van der Waals surface area contributed by atoms with Crippen LogP contribution in [0.25, 0.3) is 0 Å². The van der Waals surface area contributed by atoms with Crippen LogP contribution in [-0.2, 0) is 6.61 Å². The highest BCUT2D eigenvalue weighted by Crippen LogP contribution is 2.24. The first kappa shape index (κ1) is 17.8. The molecule has 0 aliphatic carbocycles. The maximum absolute atomic E-state index is 12.5. The van der Waals surface area contributed by atoms with Gasteiger partial charge in [-0.3, -0.25) is 9.59 Å². The Morgan fingerprint density at radius 3 is 2.54 bits per heavy atom. The minimum atomic E-state index is -0.498. The summed E-state index contributed by atoms with van der Waals surface area (Å²) in [6.07, 6.45) is 3.43. The number of hydrogen-bond donors (Lipinski definition) is 1. The number of aromatic nitrogens is 1. The van der Waals surface area contributed by atoms with Gasteiger partial charge in [0, 0.05) is 11.1 Å². The van der Waals surface area contributed by atoms with Gasteiger partial charge in [-0.1, -0.05) is 42.5 Å². The van der Waals surface area contributed by atoms with Crippen LogP contribution in [0.2, 0.25) is 0 Å². The van der Waals surface area contributed by atoms with E-state index in [9.17, 15) is 9.59 Å². The van der Waals surface area contributed by atoms with Crippen molar-refractivity contribution in [2.45, 2.75) is 11.5 Å². The summed E-state index contributed by atoms with van der Waals surface area (Å²) in [4.78, 5) is 31.5. The molecular formula is C20H18N2O3S. The van der Waals surface area contributed by atoms with Crippen LogP contribution in [0.1, 0.15) is 15.9 Å². The van der Waals surface area contributed by atoms with Gasteiger partial charge in [0.05, 0.1) is 5.69 Å². The topological polar surface area (TPSA) is 60.3 Å². The second kappa shape index (κ2) is 8.40. The number of para-hydroxylation sites is 1. The maximum atomic E-state index is 12.5. The number of hydrogen-bond acceptors (Lipinski definition) is 4. The standard InChI is InChI=1S/C20H18N2O3S/c1-26-18-12-6-5-11-17(18)21-19(23)16-10-7-13-22(20(16)24)25-14-15-8-3-2-4-9-15/h2-13H,14H2,1H3,(H,21,23). The first-order valence-corrected chi connectivity index (χ1v) is 9.25. The summed E-state index contributed by atoms with van der Waals surface area (Å²) in [7, 11) is 0. The summed E-state index contributed by atoms with van der Waals surface area (Å²) < 4.78 is 1.09. The minimum Gasteiger partial charge on any atom is -0.406 e. The summed E-state index contributed by atoms with van der Waals surface area (Å²) in [5.74, 6) is -0.464. The molecule has 1 heterocycles. The zero-order valence-corrected chi connectivity index (χ0v) is 15.0. The molecule has 0 spiro atoms. The summed E-state index contributed by atoms with van der Waals surface area (Å²) in [5.41, 5.74) is 1.13. The molecule has 0 atom stereocenters. The first-order valence-electron chi connectivity index (χ1n) is 8.02. The van der Waals surface area contributed by atoms with Crippen LogP contribution in [0.15, 0.2) is 82.6 Å². The van der Waals surface area contributed by atoms with E-state index in [2.05, 4.69) is 5.32 Å². The molecule has 3 aromatic rings. The quantitative estimate of drug-likeness (QED) is 0.679. The molecule has 132 valence electrons. The van der Waals surface area contributed by atoms with E-state index in [1.165, 1.54) is 24.0 Å². The van der Waals surface area contributed by atoms with E-state index in [4.69, 9.17) is 4.84 Å². The first-order chi connectivity index (χ1) is 12.7. The van der Waals surface area contributed by atoms with E-state index in [-0.39, 0.29) is 12.2 Å². The molecule has 26 heavy (non-hydrogen) atoms. The van der Waals surface area contributed by atoms with Gasteiger partial charge in [0.15, 0.2) is 0 Å². The van der Waals surface area contributed by atoms with E-state index in [0.717, 1.165) is 15.2 Å². The van der Waals surface area contributed by atoms with Gasteiger partial charge in [-0.15, -0.1) is 11.8 Å². The van der Waals surface area contributed by atoms with Gasteiger partial charge in [-0.05, 0) is 36.1 Å². The molecule has 5 nitrogen and oxygen atoms in total. The molecule has 6 heteroatoms. The molecular weight excluding hydrogens is 348 g/mol. The molecule has 0 aliphatic rings. The highest BCUT2D eigenvalue weighted by atomic mass is 32.2. The van der Waals surface area contributed by atoms with Crippen molar-refractivity contribution in [1.82, 2.24) is 4.73 Å². The van der Waals surface area contributed by atoms with Crippen molar-refractivity contribution < 1.29 is 9.63 Å². The molecule has 0 saturated carbocycles. The van der Waals surface area contributed by atoms with Gasteiger partial charge in [0.25, 0.3) is 11.5 Å². The lowest BCUT2D eigenvalue weighted by Crippen LogP contribution is -2.32. The minimum absolute atomic E-state index is 0.0245. The van der Waals surface area contributed by atoms with Gasteiger partial charge in [-0.25, -0.2) is 0 Å². The number of thioether (sulfide) groups is 1. The van der Waals surface area contributed by atoms with Gasteiger partial charge < -0.3 is 10.2 Å². The van der Waals surface area contributed by atoms with Crippen molar-refractivity contribution in [3.63, 3.8) is 0 Å². The van der Waals surface area contributed by atoms with E-state index >= 15 is 0 Å². The zero-order chi connectivity index (χ0) is 18.4. The van der Waals surface area contributed by atoms with Gasteiger partial charge in [0.2, 0.25) is 0 Å². The Balaban J connectivity index is 1.78. The van der Waals surface area contributed by atoms with Crippen molar-refractivity contribution in [1.29, 1.82) is 0 Å². The molecule has 2 aromatic carbocycles. The van der Waals surface area contributed by atoms with Gasteiger partial charge >= 0.3 is 0 Å². The van der Waals surface area contributed by atoms with Crippen LogP contribution in [0, 0.1) is 0 Å². The summed E-state index contributed by atoms with van der Waals surface area (Å²) in [6.45, 7) is 0.237. The molecule has 0 unspecified atom stereocenters. The third-order valence-electron chi connectivity index (χ3n) is 3.73. The number of nitrogens with one attached hydrogen (secondary N) is 1. The number of benzene rings is 2. The van der Waals surface area contributed by atoms with Crippen LogP contribution in [-0.4, -0.2) is 16.9 Å². The fourth-order valence-electron chi connectivity index (χ4n) is 2.41. The van der Waals surface area contributed by atoms with Crippen LogP contribution in [0.3, 0.4) is 0 Å². The van der Waals surface area contributed by atoms with Crippen molar-refractivity contribution in [2.75, 3.05) is 11.6 Å². The average molecular weight is 366 g/mol. The second-order valence-electron chi connectivity index (χ2n) is 5.47. The predicted molar refractivity (Wildman–Crippen MR) is 104 cm³/mol. The average Bonchev–Trinajstić information content (AvgIpc) is 2.68. The molecule has 0 aliphatic heterocycles. The molecule has 1 aromatic heterocycles. The summed E-state index contributed by atoms with van der Waals surface area (Å²) in [6, 6.07) is 20.1. The van der Waals surface area contributed by atoms with Crippen LogP contribution >= 0.6 is 11.8 Å². The SMILES string of the molecule is CSc1ccccc1NC(=O)c1cccn(OCc2ccccc2)c1=O. The number of amides is 1. The maximum Gasteiger partial charge on any atom is 0.295 e. The fraction of sp³-hybridized carbons (Fsp3) is 0.100. The van der Waals surface area contributed by atoms with Crippen LogP contribution in [0.5, 0.6) is 0 Å². The fourth-order valence-corrected chi connectivity index (χ4v) is 2.96. The molecule has 3 rings (SSSR count). The molecule has 0 saturated heterocycles. The highest BCUT2D eigenvalue weighted by molar-refractivity contribution is 7.98. The van der Waals surface area contributed by atoms with Gasteiger partial charge in [-0.2, -0.15) is 4.73 Å². The van der Waals surface area contributed by atoms with Crippen molar-refractivity contribution in [3.8, 4) is 0 Å². The monoisotopic (exact) mass is 366 g/mol. The normalized spacial score (nSPS) is 10.3. The summed E-state index contributed by atoms with van der Waals surface area (Å²) >= 11 is 1.52. The third-order valence-corrected chi connectivity index (χ3v) is 4.52. The third kappa shape index (κ3) is 4.15. The van der Waals surface area contributed by atoms with Crippen LogP contribution in [0.4, 0.5) is 5.69 Å². The van der Waals surface area contributed by atoms with E-state index in [0.29, 0.717) is 5.69 Å². The van der Waals surface area contributed by atoms with E-state index in [1.54, 1.807) is 12.1 Å². The number of pyridine rings is 1. The molecule has 0 radical (unpaired) electrons. The molecule has 0 bridgehead atoms. The number of anilines is 1. The Labute approximate surface area is 155 Å². The Bertz CT molecular complexity index is 955. The lowest BCUT2D eigenvalue weighted by Gasteiger charge is -2.11. The van der Waals surface area contributed by atoms with Crippen molar-refractivity contribution in [2.24, 2.45) is 0 Å². The predicted octanol–water partition coefficient (Wildman–Crippen LogP) is 3.45. The van der Waals surface area contributed by atoms with Crippen molar-refractivity contribution >= 4 is 23.4 Å². The number of carbonyl (C=O) groups is 1. The van der Waals surface area contributed by atoms with Crippen molar-refractivity contribution in [3.05, 3.63) is 94.4 Å². The van der Waals surface area contributed by atoms with E-state index < -0.39 is 11.5 Å². The Kier molecular flexibility index (Phi) is 5.76. The largest absolute Gasteiger partial charge is 0.406 e. The van der Waals surface area contributed by atoms with Crippen LogP contribution < -0.4 is 15.7 Å². The Hall–Kier alpha value is -2.99. The zero-order valence-electron chi connectivity index (χ0n) is 14.2. The Morgan fingerprint density at radius 2 is 1.77 bits per heavy atom. The second-order valence-corrected chi connectivity index (χ2v) is 6.31. The molecule has 0 fully saturated rings. The Morgan fingerprint density at radius 1 is 1.04 bits per heavy atom. The lowest BCUT2D eigenvalue weighted by molar-refractivity contribution is 0.0863. The van der Waals surface area contributed by atoms with E-state index in [1.807, 2.05) is 54.8 Å². The lowest BCUT2D eigenvalue weighted by atomic mass is 10.2.